The molecule has 2 aromatic rings. The summed E-state index contributed by atoms with van der Waals surface area (Å²) in [6.07, 6.45) is 0.521. The molecule has 0 spiro atoms. The lowest BCUT2D eigenvalue weighted by atomic mass is 9.83. The third-order valence-corrected chi connectivity index (χ3v) is 5.53. The molecule has 2 rings (SSSR count). The van der Waals surface area contributed by atoms with Crippen LogP contribution >= 0.6 is 0 Å². The molecular formula is C26H32FNO6. The maximum Gasteiger partial charge on any atom is 0.309 e. The molecule has 1 heterocycles. The average molecular weight is 474 g/mol. The molecule has 0 aliphatic carbocycles. The normalized spacial score (nSPS) is 13.7. The number of carbonyl (C=O) groups is 3. The Morgan fingerprint density at radius 3 is 2.32 bits per heavy atom. The number of aromatic nitrogens is 1. The van der Waals surface area contributed by atoms with E-state index in [0.717, 1.165) is 5.56 Å². The topological polar surface area (TPSA) is 91.8 Å². The minimum Gasteiger partial charge on any atom is -0.493 e. The largest absolute Gasteiger partial charge is 0.493 e. The highest BCUT2D eigenvalue weighted by Gasteiger charge is 2.31. The van der Waals surface area contributed by atoms with Crippen LogP contribution in [0.1, 0.15) is 68.6 Å². The Bertz CT molecular complexity index is 1050. The number of benzene rings is 1. The van der Waals surface area contributed by atoms with E-state index in [1.165, 1.54) is 32.4 Å². The van der Waals surface area contributed by atoms with Gasteiger partial charge in [-0.25, -0.2) is 9.37 Å². The Hall–Kier alpha value is -3.29. The number of pyridine rings is 1. The van der Waals surface area contributed by atoms with Crippen molar-refractivity contribution in [3.05, 3.63) is 53.1 Å². The molecule has 0 N–H and O–H groups in total. The lowest BCUT2D eigenvalue weighted by Crippen LogP contribution is -2.30. The molecule has 8 heteroatoms. The number of ether oxygens (including phenoxy) is 3. The van der Waals surface area contributed by atoms with Gasteiger partial charge in [0, 0.05) is 31.5 Å². The number of nitrogens with zero attached hydrogens (tertiary/aromatic N) is 1. The highest BCUT2D eigenvalue weighted by molar-refractivity contribution is 5.99. The van der Waals surface area contributed by atoms with Gasteiger partial charge in [-0.3, -0.25) is 14.4 Å². The quantitative estimate of drug-likeness (QED) is 0.352. The van der Waals surface area contributed by atoms with Crippen molar-refractivity contribution in [3.63, 3.8) is 0 Å². The molecule has 7 nitrogen and oxygen atoms in total. The number of hydrogen-bond donors (Lipinski definition) is 0. The maximum atomic E-state index is 14.6. The van der Waals surface area contributed by atoms with Gasteiger partial charge >= 0.3 is 11.9 Å². The van der Waals surface area contributed by atoms with E-state index in [1.54, 1.807) is 19.9 Å². The van der Waals surface area contributed by atoms with E-state index in [2.05, 4.69) is 4.98 Å². The second kappa shape index (κ2) is 11.7. The molecule has 0 unspecified atom stereocenters. The van der Waals surface area contributed by atoms with E-state index in [4.69, 9.17) is 14.2 Å². The first kappa shape index (κ1) is 27.0. The van der Waals surface area contributed by atoms with E-state index >= 15 is 0 Å². The SMILES string of the molecule is COc1ccnc(C(=O)C[C@@H](C)C(=O)O[C@@H](C)[C@H](c2ccc(C)cc2F)C(C)C)c1OC(C)=O. The first-order valence-corrected chi connectivity index (χ1v) is 11.2. The van der Waals surface area contributed by atoms with Crippen LogP contribution in [0.25, 0.3) is 0 Å². The molecule has 0 fully saturated rings. The minimum atomic E-state index is -0.802. The van der Waals surface area contributed by atoms with Crippen molar-refractivity contribution in [2.75, 3.05) is 7.11 Å². The van der Waals surface area contributed by atoms with Crippen LogP contribution in [-0.2, 0) is 14.3 Å². The number of esters is 2. The summed E-state index contributed by atoms with van der Waals surface area (Å²) in [5, 5.41) is 0. The van der Waals surface area contributed by atoms with E-state index in [1.807, 2.05) is 26.8 Å². The molecule has 34 heavy (non-hydrogen) atoms. The zero-order chi connectivity index (χ0) is 25.6. The van der Waals surface area contributed by atoms with Gasteiger partial charge in [0.25, 0.3) is 0 Å². The Balaban J connectivity index is 2.16. The van der Waals surface area contributed by atoms with Gasteiger partial charge in [-0.1, -0.05) is 32.9 Å². The minimum absolute atomic E-state index is 0.00390. The van der Waals surface area contributed by atoms with E-state index < -0.39 is 29.7 Å². The van der Waals surface area contributed by atoms with Crippen molar-refractivity contribution < 1.29 is 33.0 Å². The van der Waals surface area contributed by atoms with Crippen molar-refractivity contribution in [1.82, 2.24) is 4.98 Å². The number of Topliss-reactive ketones (excluding diaryl/α,β-unsaturated/α-hetero) is 1. The van der Waals surface area contributed by atoms with E-state index in [0.29, 0.717) is 5.56 Å². The van der Waals surface area contributed by atoms with Gasteiger partial charge in [0.05, 0.1) is 13.0 Å². The Morgan fingerprint density at radius 2 is 1.76 bits per heavy atom. The number of rotatable bonds is 10. The van der Waals surface area contributed by atoms with Gasteiger partial charge in [0.2, 0.25) is 5.75 Å². The molecule has 184 valence electrons. The standard InChI is InChI=1S/C26H32FNO6/c1-14(2)23(19-9-8-15(3)12-20(19)27)17(5)33-26(31)16(4)13-21(30)24-25(34-18(6)29)22(32-7)10-11-28-24/h8-12,14,16-17,23H,13H2,1-7H3/t16-,17+,23-/m1/s1. The maximum absolute atomic E-state index is 14.6. The highest BCUT2D eigenvalue weighted by atomic mass is 19.1. The summed E-state index contributed by atoms with van der Waals surface area (Å²) in [5.74, 6) is -3.13. The van der Waals surface area contributed by atoms with Crippen LogP contribution in [0.5, 0.6) is 11.5 Å². The average Bonchev–Trinajstić information content (AvgIpc) is 2.74. The van der Waals surface area contributed by atoms with Crippen LogP contribution in [0.3, 0.4) is 0 Å². The number of carbonyl (C=O) groups excluding carboxylic acids is 3. The van der Waals surface area contributed by atoms with Gasteiger partial charge < -0.3 is 14.2 Å². The fourth-order valence-electron chi connectivity index (χ4n) is 3.92. The first-order chi connectivity index (χ1) is 16.0. The third kappa shape index (κ3) is 6.62. The van der Waals surface area contributed by atoms with Gasteiger partial charge in [0.15, 0.2) is 17.2 Å². The van der Waals surface area contributed by atoms with E-state index in [9.17, 15) is 18.8 Å². The summed E-state index contributed by atoms with van der Waals surface area (Å²) in [6.45, 7) is 10.2. The summed E-state index contributed by atoms with van der Waals surface area (Å²) >= 11 is 0. The predicted octanol–water partition coefficient (Wildman–Crippen LogP) is 5.04. The Morgan fingerprint density at radius 1 is 1.09 bits per heavy atom. The van der Waals surface area contributed by atoms with Crippen molar-refractivity contribution in [1.29, 1.82) is 0 Å². The molecule has 0 aliphatic heterocycles. The monoisotopic (exact) mass is 473 g/mol. The fraction of sp³-hybridized carbons (Fsp3) is 0.462. The van der Waals surface area contributed by atoms with Crippen LogP contribution in [0.2, 0.25) is 0 Å². The van der Waals surface area contributed by atoms with Crippen LogP contribution < -0.4 is 9.47 Å². The zero-order valence-electron chi connectivity index (χ0n) is 20.7. The molecule has 0 saturated carbocycles. The van der Waals surface area contributed by atoms with Crippen molar-refractivity contribution in [2.24, 2.45) is 11.8 Å². The molecule has 1 aromatic carbocycles. The predicted molar refractivity (Wildman–Crippen MR) is 124 cm³/mol. The van der Waals surface area contributed by atoms with Crippen LogP contribution in [0.4, 0.5) is 4.39 Å². The summed E-state index contributed by atoms with van der Waals surface area (Å²) in [4.78, 5) is 41.2. The lowest BCUT2D eigenvalue weighted by Gasteiger charge is -2.29. The van der Waals surface area contributed by atoms with Gasteiger partial charge in [-0.15, -0.1) is 0 Å². The fourth-order valence-corrected chi connectivity index (χ4v) is 3.92. The third-order valence-electron chi connectivity index (χ3n) is 5.53. The molecule has 0 saturated heterocycles. The second-order valence-electron chi connectivity index (χ2n) is 8.75. The zero-order valence-corrected chi connectivity index (χ0v) is 20.7. The van der Waals surface area contributed by atoms with E-state index in [-0.39, 0.29) is 41.3 Å². The second-order valence-corrected chi connectivity index (χ2v) is 8.75. The van der Waals surface area contributed by atoms with Crippen LogP contribution in [0, 0.1) is 24.6 Å². The Kier molecular flexibility index (Phi) is 9.29. The molecule has 3 atom stereocenters. The molecule has 0 radical (unpaired) electrons. The highest BCUT2D eigenvalue weighted by Crippen LogP contribution is 2.33. The number of ketones is 1. The van der Waals surface area contributed by atoms with Crippen molar-refractivity contribution in [3.8, 4) is 11.5 Å². The molecule has 1 aromatic heterocycles. The smallest absolute Gasteiger partial charge is 0.309 e. The molecule has 0 bridgehead atoms. The summed E-state index contributed by atoms with van der Waals surface area (Å²) in [6, 6.07) is 6.47. The number of halogens is 1. The van der Waals surface area contributed by atoms with Crippen molar-refractivity contribution in [2.45, 2.75) is 60.0 Å². The van der Waals surface area contributed by atoms with Crippen LogP contribution in [0.15, 0.2) is 30.5 Å². The number of aryl methyl sites for hydroxylation is 1. The molecule has 0 aliphatic rings. The molecular weight excluding hydrogens is 441 g/mol. The number of hydrogen-bond acceptors (Lipinski definition) is 7. The van der Waals surface area contributed by atoms with Gasteiger partial charge in [-0.2, -0.15) is 0 Å². The van der Waals surface area contributed by atoms with Gasteiger partial charge in [-0.05, 0) is 37.0 Å². The summed E-state index contributed by atoms with van der Waals surface area (Å²) in [7, 11) is 1.37. The first-order valence-electron chi connectivity index (χ1n) is 11.2. The van der Waals surface area contributed by atoms with Crippen molar-refractivity contribution >= 4 is 17.7 Å². The molecule has 0 amide bonds. The lowest BCUT2D eigenvalue weighted by molar-refractivity contribution is -0.154. The summed E-state index contributed by atoms with van der Waals surface area (Å²) in [5.41, 5.74) is 1.18. The summed E-state index contributed by atoms with van der Waals surface area (Å²) < 4.78 is 30.6. The van der Waals surface area contributed by atoms with Crippen LogP contribution in [-0.4, -0.2) is 35.9 Å². The van der Waals surface area contributed by atoms with Gasteiger partial charge in [0.1, 0.15) is 11.9 Å². The number of methoxy groups -OCH3 is 1. The Labute approximate surface area is 199 Å².